The maximum atomic E-state index is 12.3. The first-order chi connectivity index (χ1) is 18.5. The quantitative estimate of drug-likeness (QED) is 0.0604. The van der Waals surface area contributed by atoms with Crippen molar-refractivity contribution in [3.8, 4) is 0 Å². The maximum Gasteiger partial charge on any atom is 0.249 e. The number of hydrogen-bond acceptors (Lipinski definition) is 5. The molecular formula is C32H61NO5. The van der Waals surface area contributed by atoms with Crippen molar-refractivity contribution in [2.75, 3.05) is 6.61 Å². The molecule has 0 aromatic carbocycles. The molecular weight excluding hydrogens is 478 g/mol. The predicted octanol–water partition coefficient (Wildman–Crippen LogP) is 6.50. The van der Waals surface area contributed by atoms with Crippen LogP contribution in [0.1, 0.15) is 142 Å². The zero-order valence-electron chi connectivity index (χ0n) is 24.7. The van der Waals surface area contributed by atoms with E-state index in [4.69, 9.17) is 0 Å². The minimum absolute atomic E-state index is 0.348. The Hall–Kier alpha value is -1.21. The minimum Gasteiger partial charge on any atom is -0.394 e. The molecule has 0 spiro atoms. The summed E-state index contributed by atoms with van der Waals surface area (Å²) in [5, 5.41) is 43.1. The van der Waals surface area contributed by atoms with Crippen molar-refractivity contribution in [1.29, 1.82) is 0 Å². The van der Waals surface area contributed by atoms with E-state index < -0.39 is 36.9 Å². The molecule has 4 unspecified atom stereocenters. The first-order valence-electron chi connectivity index (χ1n) is 15.7. The molecule has 0 aliphatic rings. The highest BCUT2D eigenvalue weighted by atomic mass is 16.3. The number of rotatable bonds is 27. The standard InChI is InChI=1S/C32H61NO5/c1-3-5-7-9-11-13-15-17-19-21-23-25-29(35)31(37)28(27-34)33-32(38)30(36)26-24-22-20-18-16-14-12-10-8-6-4-2/h12,14,17,19,28-31,34-37H,3-11,13,15-16,18,20-27H2,1-2H3,(H,33,38)/b14-12-,19-17+. The third kappa shape index (κ3) is 21.7. The summed E-state index contributed by atoms with van der Waals surface area (Å²) in [6.45, 7) is 3.94. The van der Waals surface area contributed by atoms with Crippen LogP contribution in [0.25, 0.3) is 0 Å². The van der Waals surface area contributed by atoms with Gasteiger partial charge < -0.3 is 25.7 Å². The SMILES string of the molecule is CCCCC/C=C\CCCCCCC(O)C(=O)NC(CO)C(O)C(O)CCC/C=C/CCCCCCCC. The van der Waals surface area contributed by atoms with Gasteiger partial charge in [-0.1, -0.05) is 102 Å². The zero-order valence-corrected chi connectivity index (χ0v) is 24.7. The summed E-state index contributed by atoms with van der Waals surface area (Å²) < 4.78 is 0. The number of carbonyl (C=O) groups excluding carboxylic acids is 1. The summed E-state index contributed by atoms with van der Waals surface area (Å²) in [6.07, 6.45) is 26.3. The molecule has 0 heterocycles. The summed E-state index contributed by atoms with van der Waals surface area (Å²) in [7, 11) is 0. The highest BCUT2D eigenvalue weighted by Crippen LogP contribution is 2.12. The van der Waals surface area contributed by atoms with Crippen LogP contribution in [0.2, 0.25) is 0 Å². The van der Waals surface area contributed by atoms with Crippen LogP contribution in [0.3, 0.4) is 0 Å². The van der Waals surface area contributed by atoms with E-state index in [9.17, 15) is 25.2 Å². The van der Waals surface area contributed by atoms with Crippen LogP contribution in [0.15, 0.2) is 24.3 Å². The molecule has 0 radical (unpaired) electrons. The molecule has 6 nitrogen and oxygen atoms in total. The van der Waals surface area contributed by atoms with Crippen molar-refractivity contribution in [2.45, 2.75) is 167 Å². The van der Waals surface area contributed by atoms with Gasteiger partial charge in [-0.05, 0) is 64.2 Å². The molecule has 4 atom stereocenters. The number of unbranched alkanes of at least 4 members (excludes halogenated alkanes) is 14. The molecule has 0 aliphatic heterocycles. The first-order valence-corrected chi connectivity index (χ1v) is 15.7. The Morgan fingerprint density at radius 1 is 0.632 bits per heavy atom. The van der Waals surface area contributed by atoms with Crippen molar-refractivity contribution in [1.82, 2.24) is 5.32 Å². The van der Waals surface area contributed by atoms with E-state index in [2.05, 4.69) is 43.5 Å². The Morgan fingerprint density at radius 2 is 1.08 bits per heavy atom. The van der Waals surface area contributed by atoms with Gasteiger partial charge in [0.25, 0.3) is 0 Å². The number of allylic oxidation sites excluding steroid dienone is 4. The van der Waals surface area contributed by atoms with Gasteiger partial charge in [0, 0.05) is 0 Å². The Morgan fingerprint density at radius 3 is 1.63 bits per heavy atom. The van der Waals surface area contributed by atoms with Gasteiger partial charge in [-0.25, -0.2) is 0 Å². The lowest BCUT2D eigenvalue weighted by molar-refractivity contribution is -0.132. The smallest absolute Gasteiger partial charge is 0.249 e. The van der Waals surface area contributed by atoms with Gasteiger partial charge in [0.05, 0.1) is 18.8 Å². The van der Waals surface area contributed by atoms with Crippen LogP contribution >= 0.6 is 0 Å². The molecule has 1 amide bonds. The van der Waals surface area contributed by atoms with Crippen LogP contribution in [-0.2, 0) is 4.79 Å². The maximum absolute atomic E-state index is 12.3. The summed E-state index contributed by atoms with van der Waals surface area (Å²) in [5.41, 5.74) is 0. The average Bonchev–Trinajstić information content (AvgIpc) is 2.92. The molecule has 0 saturated carbocycles. The van der Waals surface area contributed by atoms with Crippen molar-refractivity contribution >= 4 is 5.91 Å². The van der Waals surface area contributed by atoms with Crippen LogP contribution in [-0.4, -0.2) is 57.3 Å². The van der Waals surface area contributed by atoms with E-state index in [-0.39, 0.29) is 0 Å². The molecule has 6 heteroatoms. The lowest BCUT2D eigenvalue weighted by atomic mass is 10.00. The van der Waals surface area contributed by atoms with Crippen LogP contribution in [0.4, 0.5) is 0 Å². The fourth-order valence-corrected chi connectivity index (χ4v) is 4.51. The molecule has 0 saturated heterocycles. The number of aliphatic hydroxyl groups excluding tert-OH is 4. The Bertz CT molecular complexity index is 580. The third-order valence-electron chi connectivity index (χ3n) is 7.13. The van der Waals surface area contributed by atoms with Crippen LogP contribution in [0, 0.1) is 0 Å². The Balaban J connectivity index is 3.99. The van der Waals surface area contributed by atoms with Gasteiger partial charge in [0.2, 0.25) is 5.91 Å². The zero-order chi connectivity index (χ0) is 28.3. The molecule has 5 N–H and O–H groups in total. The number of hydrogen-bond donors (Lipinski definition) is 5. The summed E-state index contributed by atoms with van der Waals surface area (Å²) in [5.74, 6) is -0.608. The van der Waals surface area contributed by atoms with Crippen LogP contribution in [0.5, 0.6) is 0 Å². The van der Waals surface area contributed by atoms with E-state index in [1.54, 1.807) is 0 Å². The van der Waals surface area contributed by atoms with E-state index in [1.165, 1.54) is 57.8 Å². The van der Waals surface area contributed by atoms with Gasteiger partial charge in [-0.15, -0.1) is 0 Å². The highest BCUT2D eigenvalue weighted by Gasteiger charge is 2.28. The lowest BCUT2D eigenvalue weighted by Gasteiger charge is -2.27. The molecule has 0 aliphatic carbocycles. The van der Waals surface area contributed by atoms with Gasteiger partial charge in [0.15, 0.2) is 0 Å². The molecule has 38 heavy (non-hydrogen) atoms. The number of carbonyl (C=O) groups is 1. The largest absolute Gasteiger partial charge is 0.394 e. The van der Waals surface area contributed by atoms with Gasteiger partial charge in [-0.2, -0.15) is 0 Å². The van der Waals surface area contributed by atoms with E-state index >= 15 is 0 Å². The average molecular weight is 540 g/mol. The van der Waals surface area contributed by atoms with Crippen LogP contribution < -0.4 is 5.32 Å². The third-order valence-corrected chi connectivity index (χ3v) is 7.13. The molecule has 0 bridgehead atoms. The van der Waals surface area contributed by atoms with Crippen molar-refractivity contribution in [2.24, 2.45) is 0 Å². The number of amides is 1. The van der Waals surface area contributed by atoms with E-state index in [0.29, 0.717) is 19.3 Å². The van der Waals surface area contributed by atoms with Gasteiger partial charge in [-0.3, -0.25) is 4.79 Å². The predicted molar refractivity (Wildman–Crippen MR) is 159 cm³/mol. The van der Waals surface area contributed by atoms with Crippen molar-refractivity contribution in [3.05, 3.63) is 24.3 Å². The second-order valence-electron chi connectivity index (χ2n) is 10.8. The fourth-order valence-electron chi connectivity index (χ4n) is 4.51. The normalized spacial score (nSPS) is 15.2. The van der Waals surface area contributed by atoms with Gasteiger partial charge >= 0.3 is 0 Å². The first kappa shape index (κ1) is 36.8. The minimum atomic E-state index is -1.28. The van der Waals surface area contributed by atoms with Crippen molar-refractivity contribution < 1.29 is 25.2 Å². The molecule has 0 fully saturated rings. The van der Waals surface area contributed by atoms with Crippen molar-refractivity contribution in [3.63, 3.8) is 0 Å². The number of nitrogens with one attached hydrogen (secondary N) is 1. The summed E-state index contributed by atoms with van der Waals surface area (Å²) in [6, 6.07) is -1.00. The monoisotopic (exact) mass is 539 g/mol. The summed E-state index contributed by atoms with van der Waals surface area (Å²) in [4.78, 5) is 12.3. The number of aliphatic hydroxyl groups is 4. The molecule has 0 aromatic heterocycles. The second kappa shape index (κ2) is 27.4. The van der Waals surface area contributed by atoms with Gasteiger partial charge in [0.1, 0.15) is 12.2 Å². The summed E-state index contributed by atoms with van der Waals surface area (Å²) >= 11 is 0. The Labute approximate surface area is 234 Å². The topological polar surface area (TPSA) is 110 Å². The van der Waals surface area contributed by atoms with E-state index in [0.717, 1.165) is 51.4 Å². The fraction of sp³-hybridized carbons (Fsp3) is 0.844. The van der Waals surface area contributed by atoms with E-state index in [1.807, 2.05) is 0 Å². The highest BCUT2D eigenvalue weighted by molar-refractivity contribution is 5.80. The molecule has 0 aromatic rings. The molecule has 0 rings (SSSR count). The lowest BCUT2D eigenvalue weighted by Crippen LogP contribution is -2.53. The molecule has 224 valence electrons. The Kier molecular flexibility index (Phi) is 26.5. The second-order valence-corrected chi connectivity index (χ2v) is 10.8.